The average Bonchev–Trinajstić information content (AvgIpc) is 3.39. The highest BCUT2D eigenvalue weighted by atomic mass is 31.2. The number of allylic oxidation sites excluding steroid dienone is 18. The molecule has 0 aromatic carbocycles. The number of carbonyl (C=O) groups is 3. The predicted octanol–water partition coefficient (Wildman–Crippen LogP) is 17.0. The van der Waals surface area contributed by atoms with Crippen LogP contribution in [-0.4, -0.2) is 66.5 Å². The van der Waals surface area contributed by atoms with Crippen LogP contribution in [0.15, 0.2) is 109 Å². The Morgan fingerprint density at radius 3 is 1.11 bits per heavy atom. The molecule has 2 N–H and O–H groups in total. The lowest BCUT2D eigenvalue weighted by Gasteiger charge is -2.21. The van der Waals surface area contributed by atoms with E-state index < -0.39 is 57.8 Å². The predicted molar refractivity (Wildman–Crippen MR) is 307 cm³/mol. The van der Waals surface area contributed by atoms with Gasteiger partial charge in [-0.1, -0.05) is 214 Å². The van der Waals surface area contributed by atoms with Crippen LogP contribution >= 0.6 is 7.82 Å². The summed E-state index contributed by atoms with van der Waals surface area (Å²) in [6, 6.07) is 0. The minimum absolute atomic E-state index is 0.103. The van der Waals surface area contributed by atoms with Gasteiger partial charge in [-0.15, -0.1) is 0 Å². The molecule has 0 aliphatic rings. The van der Waals surface area contributed by atoms with Crippen LogP contribution in [0.4, 0.5) is 0 Å². The highest BCUT2D eigenvalue weighted by Gasteiger charge is 2.28. The molecule has 3 atom stereocenters. The SMILES string of the molecule is CC/C=C\C/C=C\C/C=C\C/C=C\C/C=C\CCCCCC(=O)OCC(COP(=O)(O)OCC(CO)OC(=O)CCCCCCCCCCCCCCC)OC(=O)CCCC/C=C\C/C=C\C/C=C\C/C=C\CC. The molecule has 12 heteroatoms. The van der Waals surface area contributed by atoms with Crippen LogP contribution < -0.4 is 0 Å². The zero-order chi connectivity index (χ0) is 54.1. The van der Waals surface area contributed by atoms with Gasteiger partial charge in [-0.2, -0.15) is 0 Å². The molecule has 0 radical (unpaired) electrons. The fourth-order valence-electron chi connectivity index (χ4n) is 7.37. The van der Waals surface area contributed by atoms with E-state index in [1.165, 1.54) is 57.8 Å². The Labute approximate surface area is 450 Å². The van der Waals surface area contributed by atoms with Gasteiger partial charge >= 0.3 is 25.7 Å². The fourth-order valence-corrected chi connectivity index (χ4v) is 8.16. The minimum Gasteiger partial charge on any atom is -0.462 e. The standard InChI is InChI=1S/C62H103O11P/c1-4-7-10-13-16-19-22-25-27-28-29-30-32-34-36-39-42-45-48-51-60(64)69-55-59(73-62(66)53-50-47-44-41-38-35-31-26-23-20-17-14-11-8-5-2)57-71-74(67,68)70-56-58(54-63)72-61(65)52-49-46-43-40-37-33-24-21-18-15-12-9-6-3/h7-8,10-11,16-17,19-20,25-27,29-31,34,36,38,41,58-59,63H,4-6,9,12-15,18,21-24,28,32-33,35,37,39-40,42-57H2,1-3H3,(H,67,68)/b10-7-,11-8-,19-16-,20-17-,27-25-,30-29-,31-26-,36-34-,41-38-. The molecule has 0 heterocycles. The van der Waals surface area contributed by atoms with E-state index in [-0.39, 0.29) is 25.9 Å². The first-order valence-electron chi connectivity index (χ1n) is 28.8. The van der Waals surface area contributed by atoms with Gasteiger partial charge in [0.15, 0.2) is 6.10 Å². The highest BCUT2D eigenvalue weighted by Crippen LogP contribution is 2.43. The molecule has 0 fully saturated rings. The number of ether oxygens (including phenoxy) is 3. The second-order valence-corrected chi connectivity index (χ2v) is 20.1. The first-order chi connectivity index (χ1) is 36.2. The number of aliphatic hydroxyl groups excluding tert-OH is 1. The van der Waals surface area contributed by atoms with E-state index in [2.05, 4.69) is 130 Å². The number of phosphoric acid groups is 1. The molecule has 0 saturated heterocycles. The van der Waals surface area contributed by atoms with E-state index >= 15 is 0 Å². The van der Waals surface area contributed by atoms with Gasteiger partial charge < -0.3 is 24.2 Å². The molecule has 74 heavy (non-hydrogen) atoms. The molecule has 422 valence electrons. The molecule has 3 unspecified atom stereocenters. The van der Waals surface area contributed by atoms with Crippen molar-refractivity contribution in [3.05, 3.63) is 109 Å². The smallest absolute Gasteiger partial charge is 0.462 e. The summed E-state index contributed by atoms with van der Waals surface area (Å²) in [5, 5.41) is 9.81. The largest absolute Gasteiger partial charge is 0.472 e. The van der Waals surface area contributed by atoms with E-state index in [0.717, 1.165) is 109 Å². The first-order valence-corrected chi connectivity index (χ1v) is 30.3. The van der Waals surface area contributed by atoms with Crippen LogP contribution in [-0.2, 0) is 42.2 Å². The number of rotatable bonds is 52. The monoisotopic (exact) mass is 1050 g/mol. The van der Waals surface area contributed by atoms with Crippen LogP contribution in [0.1, 0.15) is 226 Å². The Morgan fingerprint density at radius 2 is 0.703 bits per heavy atom. The summed E-state index contributed by atoms with van der Waals surface area (Å²) in [5.41, 5.74) is 0. The van der Waals surface area contributed by atoms with E-state index in [9.17, 15) is 28.9 Å². The maximum atomic E-state index is 12.9. The van der Waals surface area contributed by atoms with Gasteiger partial charge in [0.05, 0.1) is 19.8 Å². The lowest BCUT2D eigenvalue weighted by Crippen LogP contribution is -2.30. The molecule has 0 saturated carbocycles. The summed E-state index contributed by atoms with van der Waals surface area (Å²) in [5.74, 6) is -1.56. The van der Waals surface area contributed by atoms with E-state index in [1.54, 1.807) is 0 Å². The topological polar surface area (TPSA) is 155 Å². The summed E-state index contributed by atoms with van der Waals surface area (Å²) in [6.07, 6.45) is 66.2. The van der Waals surface area contributed by atoms with Crippen LogP contribution in [0.3, 0.4) is 0 Å². The van der Waals surface area contributed by atoms with Crippen molar-refractivity contribution < 1.29 is 52.2 Å². The zero-order valence-electron chi connectivity index (χ0n) is 46.5. The number of esters is 3. The van der Waals surface area contributed by atoms with Crippen molar-refractivity contribution in [2.45, 2.75) is 238 Å². The quantitative estimate of drug-likeness (QED) is 0.0197. The molecular formula is C62H103O11P. The molecule has 0 spiro atoms. The van der Waals surface area contributed by atoms with Gasteiger partial charge in [-0.25, -0.2) is 4.57 Å². The molecule has 0 aromatic rings. The normalized spacial score (nSPS) is 14.2. The molecular weight excluding hydrogens is 952 g/mol. The molecule has 0 amide bonds. The first kappa shape index (κ1) is 70.1. The van der Waals surface area contributed by atoms with Gasteiger partial charge in [0, 0.05) is 19.3 Å². The summed E-state index contributed by atoms with van der Waals surface area (Å²) >= 11 is 0. The molecule has 0 rings (SSSR count). The number of aliphatic hydroxyl groups is 1. The maximum absolute atomic E-state index is 12.9. The van der Waals surface area contributed by atoms with Crippen molar-refractivity contribution in [2.75, 3.05) is 26.4 Å². The Balaban J connectivity index is 4.84. The second kappa shape index (κ2) is 55.4. The molecule has 11 nitrogen and oxygen atoms in total. The van der Waals surface area contributed by atoms with Gasteiger partial charge in [-0.3, -0.25) is 23.4 Å². The van der Waals surface area contributed by atoms with Crippen molar-refractivity contribution in [2.24, 2.45) is 0 Å². The number of hydrogen-bond acceptors (Lipinski definition) is 10. The Kier molecular flexibility index (Phi) is 52.5. The van der Waals surface area contributed by atoms with Crippen molar-refractivity contribution >= 4 is 25.7 Å². The lowest BCUT2D eigenvalue weighted by molar-refractivity contribution is -0.161. The van der Waals surface area contributed by atoms with E-state index in [1.807, 2.05) is 0 Å². The molecule has 0 aromatic heterocycles. The second-order valence-electron chi connectivity index (χ2n) is 18.7. The van der Waals surface area contributed by atoms with Crippen molar-refractivity contribution in [1.82, 2.24) is 0 Å². The molecule has 0 bridgehead atoms. The zero-order valence-corrected chi connectivity index (χ0v) is 47.4. The maximum Gasteiger partial charge on any atom is 0.472 e. The Bertz CT molecular complexity index is 1660. The number of phosphoric ester groups is 1. The highest BCUT2D eigenvalue weighted by molar-refractivity contribution is 7.47. The van der Waals surface area contributed by atoms with Gasteiger partial charge in [0.1, 0.15) is 12.7 Å². The van der Waals surface area contributed by atoms with Gasteiger partial charge in [0.2, 0.25) is 0 Å². The Morgan fingerprint density at radius 1 is 0.392 bits per heavy atom. The lowest BCUT2D eigenvalue weighted by atomic mass is 10.0. The average molecular weight is 1060 g/mol. The Hall–Kier alpha value is -3.86. The van der Waals surface area contributed by atoms with Crippen molar-refractivity contribution in [3.63, 3.8) is 0 Å². The minimum atomic E-state index is -4.77. The van der Waals surface area contributed by atoms with E-state index in [0.29, 0.717) is 19.3 Å². The van der Waals surface area contributed by atoms with Crippen molar-refractivity contribution in [1.29, 1.82) is 0 Å². The van der Waals surface area contributed by atoms with Crippen molar-refractivity contribution in [3.8, 4) is 0 Å². The third-order valence-corrected chi connectivity index (χ3v) is 12.6. The number of unbranched alkanes of at least 4 members (excludes halogenated alkanes) is 17. The fraction of sp³-hybridized carbons (Fsp3) is 0.661. The van der Waals surface area contributed by atoms with Gasteiger partial charge in [0.25, 0.3) is 0 Å². The van der Waals surface area contributed by atoms with E-state index in [4.69, 9.17) is 23.3 Å². The van der Waals surface area contributed by atoms with Crippen LogP contribution in [0.5, 0.6) is 0 Å². The molecule has 0 aliphatic heterocycles. The summed E-state index contributed by atoms with van der Waals surface area (Å²) in [6.45, 7) is 4.32. The number of hydrogen-bond donors (Lipinski definition) is 2. The molecule has 0 aliphatic carbocycles. The number of carbonyl (C=O) groups excluding carboxylic acids is 3. The summed E-state index contributed by atoms with van der Waals surface area (Å²) < 4.78 is 39.4. The third-order valence-electron chi connectivity index (χ3n) is 11.7. The third kappa shape index (κ3) is 53.0. The summed E-state index contributed by atoms with van der Waals surface area (Å²) in [4.78, 5) is 48.5. The van der Waals surface area contributed by atoms with Crippen LogP contribution in [0.25, 0.3) is 0 Å². The summed E-state index contributed by atoms with van der Waals surface area (Å²) in [7, 11) is -4.77. The van der Waals surface area contributed by atoms with Crippen LogP contribution in [0, 0.1) is 0 Å². The van der Waals surface area contributed by atoms with Gasteiger partial charge in [-0.05, 0) is 103 Å². The van der Waals surface area contributed by atoms with Crippen LogP contribution in [0.2, 0.25) is 0 Å².